The highest BCUT2D eigenvalue weighted by atomic mass is 19.4. The maximum Gasteiger partial charge on any atom is 0.416 e. The van der Waals surface area contributed by atoms with Crippen molar-refractivity contribution in [1.82, 2.24) is 4.90 Å². The number of halogens is 3. The van der Waals surface area contributed by atoms with Gasteiger partial charge in [-0.3, -0.25) is 4.90 Å². The molecule has 0 saturated carbocycles. The van der Waals surface area contributed by atoms with Crippen molar-refractivity contribution in [2.45, 2.75) is 25.3 Å². The summed E-state index contributed by atoms with van der Waals surface area (Å²) in [7, 11) is 0. The first-order valence-corrected chi connectivity index (χ1v) is 8.32. The van der Waals surface area contributed by atoms with Crippen LogP contribution in [0.4, 0.5) is 13.2 Å². The van der Waals surface area contributed by atoms with Crippen LogP contribution in [-0.2, 0) is 19.3 Å². The summed E-state index contributed by atoms with van der Waals surface area (Å²) in [6.45, 7) is 0.217. The molecule has 0 spiro atoms. The van der Waals surface area contributed by atoms with Crippen molar-refractivity contribution in [1.29, 1.82) is 0 Å². The number of rotatable bonds is 4. The van der Waals surface area contributed by atoms with E-state index in [0.29, 0.717) is 23.2 Å². The van der Waals surface area contributed by atoms with Gasteiger partial charge in [0.15, 0.2) is 0 Å². The molecule has 1 atom stereocenters. The average Bonchev–Trinajstić information content (AvgIpc) is 2.76. The zero-order valence-electron chi connectivity index (χ0n) is 14.1. The highest BCUT2D eigenvalue weighted by Crippen LogP contribution is 2.33. The first-order valence-electron chi connectivity index (χ1n) is 8.32. The molecular formula is C20H20F3NO2. The van der Waals surface area contributed by atoms with Gasteiger partial charge >= 0.3 is 6.18 Å². The van der Waals surface area contributed by atoms with Gasteiger partial charge in [-0.25, -0.2) is 0 Å². The van der Waals surface area contributed by atoms with Gasteiger partial charge in [0.1, 0.15) is 0 Å². The number of alkyl halides is 3. The number of hydrogen-bond donors (Lipinski definition) is 2. The minimum atomic E-state index is -4.41. The van der Waals surface area contributed by atoms with Crippen LogP contribution in [0.15, 0.2) is 54.1 Å². The highest BCUT2D eigenvalue weighted by Gasteiger charge is 2.32. The van der Waals surface area contributed by atoms with E-state index in [2.05, 4.69) is 0 Å². The molecule has 1 aliphatic rings. The second kappa shape index (κ2) is 7.61. The molecule has 0 bridgehead atoms. The van der Waals surface area contributed by atoms with Crippen molar-refractivity contribution < 1.29 is 23.4 Å². The van der Waals surface area contributed by atoms with Crippen molar-refractivity contribution in [3.63, 3.8) is 0 Å². The number of hydrogen-bond acceptors (Lipinski definition) is 3. The molecule has 0 unspecified atom stereocenters. The molecule has 6 heteroatoms. The quantitative estimate of drug-likeness (QED) is 0.874. The Hall–Kier alpha value is -2.15. The molecule has 0 amide bonds. The van der Waals surface area contributed by atoms with Gasteiger partial charge in [-0.2, -0.15) is 13.2 Å². The Bertz CT molecular complexity index is 787. The Morgan fingerprint density at radius 3 is 2.38 bits per heavy atom. The molecule has 2 aromatic carbocycles. The van der Waals surface area contributed by atoms with Crippen LogP contribution in [0.2, 0.25) is 0 Å². The largest absolute Gasteiger partial charge is 0.416 e. The molecule has 0 saturated heterocycles. The third-order valence-electron chi connectivity index (χ3n) is 4.64. The van der Waals surface area contributed by atoms with Gasteiger partial charge in [-0.1, -0.05) is 42.5 Å². The van der Waals surface area contributed by atoms with E-state index in [-0.39, 0.29) is 19.8 Å². The molecule has 2 aromatic rings. The van der Waals surface area contributed by atoms with Crippen LogP contribution in [0.1, 0.15) is 22.3 Å². The number of benzene rings is 2. The van der Waals surface area contributed by atoms with Crippen molar-refractivity contribution in [2.75, 3.05) is 13.2 Å². The SMILES string of the molecule is OCC1=Cc2ccc(C(F)(F)F)cc2CN(Cc2ccccc2)[C@H]1CO. The van der Waals surface area contributed by atoms with Crippen molar-refractivity contribution >= 4 is 6.08 Å². The molecule has 2 N–H and O–H groups in total. The molecule has 0 fully saturated rings. The normalized spacial score (nSPS) is 18.2. The van der Waals surface area contributed by atoms with Crippen LogP contribution in [-0.4, -0.2) is 34.4 Å². The van der Waals surface area contributed by atoms with Gasteiger partial charge in [-0.05, 0) is 34.4 Å². The average molecular weight is 363 g/mol. The molecule has 1 aliphatic heterocycles. The fourth-order valence-corrected chi connectivity index (χ4v) is 3.29. The number of nitrogens with zero attached hydrogens (tertiary/aromatic N) is 1. The van der Waals surface area contributed by atoms with Crippen LogP contribution in [0.3, 0.4) is 0 Å². The molecule has 3 nitrogen and oxygen atoms in total. The molecule has 0 aromatic heterocycles. The lowest BCUT2D eigenvalue weighted by Crippen LogP contribution is -2.38. The van der Waals surface area contributed by atoms with E-state index >= 15 is 0 Å². The molecule has 138 valence electrons. The lowest BCUT2D eigenvalue weighted by atomic mass is 10.0. The minimum Gasteiger partial charge on any atom is -0.394 e. The van der Waals surface area contributed by atoms with Gasteiger partial charge in [0.05, 0.1) is 24.8 Å². The lowest BCUT2D eigenvalue weighted by molar-refractivity contribution is -0.137. The van der Waals surface area contributed by atoms with Crippen LogP contribution >= 0.6 is 0 Å². The number of aliphatic hydroxyl groups excluding tert-OH is 2. The van der Waals surface area contributed by atoms with Gasteiger partial charge in [0.25, 0.3) is 0 Å². The van der Waals surface area contributed by atoms with Crippen LogP contribution in [0.5, 0.6) is 0 Å². The van der Waals surface area contributed by atoms with Gasteiger partial charge < -0.3 is 10.2 Å². The summed E-state index contributed by atoms with van der Waals surface area (Å²) in [5.74, 6) is 0. The zero-order chi connectivity index (χ0) is 18.7. The van der Waals surface area contributed by atoms with E-state index in [0.717, 1.165) is 17.7 Å². The highest BCUT2D eigenvalue weighted by molar-refractivity contribution is 5.60. The fraction of sp³-hybridized carbons (Fsp3) is 0.300. The van der Waals surface area contributed by atoms with E-state index in [9.17, 15) is 23.4 Å². The molecule has 1 heterocycles. The maximum atomic E-state index is 13.1. The van der Waals surface area contributed by atoms with Crippen molar-refractivity contribution in [2.24, 2.45) is 0 Å². The van der Waals surface area contributed by atoms with Crippen LogP contribution < -0.4 is 0 Å². The Balaban J connectivity index is 2.01. The van der Waals surface area contributed by atoms with E-state index in [1.807, 2.05) is 35.2 Å². The smallest absolute Gasteiger partial charge is 0.394 e. The van der Waals surface area contributed by atoms with E-state index in [1.165, 1.54) is 6.07 Å². The topological polar surface area (TPSA) is 43.7 Å². The van der Waals surface area contributed by atoms with Crippen LogP contribution in [0.25, 0.3) is 6.08 Å². The zero-order valence-corrected chi connectivity index (χ0v) is 14.1. The molecule has 0 aliphatic carbocycles. The summed E-state index contributed by atoms with van der Waals surface area (Å²) in [6.07, 6.45) is -2.73. The summed E-state index contributed by atoms with van der Waals surface area (Å²) in [5.41, 5.74) is 2.03. The predicted molar refractivity (Wildman–Crippen MR) is 93.1 cm³/mol. The lowest BCUT2D eigenvalue weighted by Gasteiger charge is -2.30. The number of fused-ring (bicyclic) bond motifs is 1. The Morgan fingerprint density at radius 2 is 1.77 bits per heavy atom. The van der Waals surface area contributed by atoms with E-state index in [4.69, 9.17) is 0 Å². The van der Waals surface area contributed by atoms with Crippen molar-refractivity contribution in [3.05, 3.63) is 76.4 Å². The maximum absolute atomic E-state index is 13.1. The molecular weight excluding hydrogens is 343 g/mol. The monoisotopic (exact) mass is 363 g/mol. The summed E-state index contributed by atoms with van der Waals surface area (Å²) in [5, 5.41) is 19.6. The minimum absolute atomic E-state index is 0.223. The Labute approximate surface area is 150 Å². The van der Waals surface area contributed by atoms with Gasteiger partial charge in [0.2, 0.25) is 0 Å². The summed E-state index contributed by atoms with van der Waals surface area (Å²) in [6, 6.07) is 12.7. The first-order chi connectivity index (χ1) is 12.4. The second-order valence-electron chi connectivity index (χ2n) is 6.38. The Kier molecular flexibility index (Phi) is 5.46. The van der Waals surface area contributed by atoms with Crippen molar-refractivity contribution in [3.8, 4) is 0 Å². The molecule has 26 heavy (non-hydrogen) atoms. The fourth-order valence-electron chi connectivity index (χ4n) is 3.29. The van der Waals surface area contributed by atoms with E-state index in [1.54, 1.807) is 6.08 Å². The summed E-state index contributed by atoms with van der Waals surface area (Å²) >= 11 is 0. The number of aliphatic hydroxyl groups is 2. The van der Waals surface area contributed by atoms with Crippen LogP contribution in [0, 0.1) is 0 Å². The third kappa shape index (κ3) is 3.98. The van der Waals surface area contributed by atoms with Gasteiger partial charge in [0, 0.05) is 13.1 Å². The predicted octanol–water partition coefficient (Wildman–Crippen LogP) is 3.46. The standard InChI is InChI=1S/C20H20F3NO2/c21-20(22,23)18-7-6-15-8-17(12-25)19(13-26)24(11-16(15)9-18)10-14-4-2-1-3-5-14/h1-9,19,25-26H,10-13H2/t19-/m0/s1. The molecule has 0 radical (unpaired) electrons. The Morgan fingerprint density at radius 1 is 1.04 bits per heavy atom. The van der Waals surface area contributed by atoms with E-state index < -0.39 is 17.8 Å². The van der Waals surface area contributed by atoms with Gasteiger partial charge in [-0.15, -0.1) is 0 Å². The summed E-state index contributed by atoms with van der Waals surface area (Å²) in [4.78, 5) is 1.89. The third-order valence-corrected chi connectivity index (χ3v) is 4.64. The first kappa shape index (κ1) is 18.6. The second-order valence-corrected chi connectivity index (χ2v) is 6.38. The summed E-state index contributed by atoms with van der Waals surface area (Å²) < 4.78 is 39.2. The molecule has 3 rings (SSSR count).